The van der Waals surface area contributed by atoms with Gasteiger partial charge >= 0.3 is 0 Å². The van der Waals surface area contributed by atoms with E-state index in [0.717, 1.165) is 36.4 Å². The van der Waals surface area contributed by atoms with Gasteiger partial charge in [0, 0.05) is 24.9 Å². The van der Waals surface area contributed by atoms with E-state index in [1.807, 2.05) is 24.1 Å². The predicted molar refractivity (Wildman–Crippen MR) is 113 cm³/mol. The molecule has 28 heavy (non-hydrogen) atoms. The van der Waals surface area contributed by atoms with E-state index in [9.17, 15) is 8.78 Å². The Balaban J connectivity index is 1.87. The highest BCUT2D eigenvalue weighted by molar-refractivity contribution is 7.80. The van der Waals surface area contributed by atoms with Crippen molar-refractivity contribution in [2.75, 3.05) is 11.4 Å². The first-order valence-electron chi connectivity index (χ1n) is 9.47. The molecule has 2 aromatic rings. The molecule has 0 spiro atoms. The highest BCUT2D eigenvalue weighted by Crippen LogP contribution is 2.41. The van der Waals surface area contributed by atoms with Gasteiger partial charge in [0.15, 0.2) is 11.6 Å². The molecule has 0 N–H and O–H groups in total. The highest BCUT2D eigenvalue weighted by atomic mass is 32.1. The van der Waals surface area contributed by atoms with E-state index in [4.69, 9.17) is 12.2 Å². The lowest BCUT2D eigenvalue weighted by molar-refractivity contribution is 0.423. The summed E-state index contributed by atoms with van der Waals surface area (Å²) in [6.45, 7) is 6.76. The number of hydrogen-bond acceptors (Lipinski definition) is 2. The van der Waals surface area contributed by atoms with Gasteiger partial charge in [-0.15, -0.1) is 0 Å². The molecule has 1 unspecified atom stereocenters. The number of benzene rings is 2. The Hall–Kier alpha value is -2.53. The van der Waals surface area contributed by atoms with Gasteiger partial charge in [-0.25, -0.2) is 8.78 Å². The van der Waals surface area contributed by atoms with E-state index in [-0.39, 0.29) is 6.04 Å². The molecular weight excluding hydrogens is 374 g/mol. The maximum atomic E-state index is 14.0. The van der Waals surface area contributed by atoms with Crippen LogP contribution in [0.3, 0.4) is 0 Å². The van der Waals surface area contributed by atoms with Crippen molar-refractivity contribution < 1.29 is 8.78 Å². The number of thiocarbonyl (C=S) groups is 1. The highest BCUT2D eigenvalue weighted by Gasteiger charge is 2.31. The number of nitrogens with zero attached hydrogens (tertiary/aromatic N) is 2. The molecule has 144 valence electrons. The van der Waals surface area contributed by atoms with Gasteiger partial charge in [-0.1, -0.05) is 43.1 Å². The van der Waals surface area contributed by atoms with Crippen LogP contribution in [0.5, 0.6) is 0 Å². The minimum absolute atomic E-state index is 0.284. The molecule has 2 aromatic carbocycles. The SMILES string of the molecule is C=CN(/C=C\C)C(c1ccc(F)c(F)c1)c1cc2c3c(c1)CCN3C(=S)CC2. The van der Waals surface area contributed by atoms with E-state index in [0.29, 0.717) is 5.56 Å². The lowest BCUT2D eigenvalue weighted by atomic mass is 9.90. The second kappa shape index (κ2) is 7.47. The average Bonchev–Trinajstić information content (AvgIpc) is 3.12. The van der Waals surface area contributed by atoms with E-state index >= 15 is 0 Å². The zero-order chi connectivity index (χ0) is 19.8. The van der Waals surface area contributed by atoms with Gasteiger partial charge in [-0.05, 0) is 60.4 Å². The first-order valence-corrected chi connectivity index (χ1v) is 9.88. The van der Waals surface area contributed by atoms with Gasteiger partial charge in [0.05, 0.1) is 11.0 Å². The topological polar surface area (TPSA) is 6.48 Å². The Morgan fingerprint density at radius 2 is 1.82 bits per heavy atom. The number of anilines is 1. The van der Waals surface area contributed by atoms with Gasteiger partial charge in [0.25, 0.3) is 0 Å². The second-order valence-corrected chi connectivity index (χ2v) is 7.64. The molecule has 2 heterocycles. The Morgan fingerprint density at radius 3 is 2.50 bits per heavy atom. The number of rotatable bonds is 5. The molecule has 0 saturated carbocycles. The smallest absolute Gasteiger partial charge is 0.159 e. The fourth-order valence-corrected chi connectivity index (χ4v) is 4.57. The first kappa shape index (κ1) is 18.8. The molecule has 0 fully saturated rings. The maximum absolute atomic E-state index is 14.0. The van der Waals surface area contributed by atoms with Crippen LogP contribution in [0.2, 0.25) is 0 Å². The third-order valence-corrected chi connectivity index (χ3v) is 5.90. The van der Waals surface area contributed by atoms with Crippen molar-refractivity contribution in [3.05, 3.63) is 89.3 Å². The predicted octanol–water partition coefficient (Wildman–Crippen LogP) is 5.67. The summed E-state index contributed by atoms with van der Waals surface area (Å²) in [7, 11) is 0. The van der Waals surface area contributed by atoms with Crippen LogP contribution < -0.4 is 4.90 Å². The molecule has 2 aliphatic heterocycles. The van der Waals surface area contributed by atoms with Crippen LogP contribution in [-0.4, -0.2) is 16.4 Å². The summed E-state index contributed by atoms with van der Waals surface area (Å²) in [5.74, 6) is -1.68. The molecule has 2 aliphatic rings. The van der Waals surface area contributed by atoms with Gasteiger partial charge in [0.1, 0.15) is 0 Å². The summed E-state index contributed by atoms with van der Waals surface area (Å²) in [6.07, 6.45) is 8.25. The van der Waals surface area contributed by atoms with Crippen LogP contribution in [0.4, 0.5) is 14.5 Å². The Bertz CT molecular complexity index is 983. The average molecular weight is 397 g/mol. The Morgan fingerprint density at radius 1 is 1.07 bits per heavy atom. The number of allylic oxidation sites excluding steroid dienone is 1. The fourth-order valence-electron chi connectivity index (χ4n) is 4.29. The van der Waals surface area contributed by atoms with Crippen LogP contribution in [-0.2, 0) is 12.8 Å². The molecular formula is C23H22F2N2S. The molecule has 5 heteroatoms. The van der Waals surface area contributed by atoms with Crippen molar-refractivity contribution >= 4 is 22.9 Å². The van der Waals surface area contributed by atoms with Gasteiger partial charge in [0.2, 0.25) is 0 Å². The van der Waals surface area contributed by atoms with Crippen LogP contribution in [0, 0.1) is 11.6 Å². The molecule has 0 saturated heterocycles. The van der Waals surface area contributed by atoms with E-state index in [1.54, 1.807) is 12.3 Å². The summed E-state index contributed by atoms with van der Waals surface area (Å²) in [4.78, 5) is 5.19. The largest absolute Gasteiger partial charge is 0.344 e. The third kappa shape index (κ3) is 3.14. The van der Waals surface area contributed by atoms with Crippen molar-refractivity contribution in [2.24, 2.45) is 0 Å². The lowest BCUT2D eigenvalue weighted by Crippen LogP contribution is -2.31. The van der Waals surface area contributed by atoms with Crippen LogP contribution in [0.25, 0.3) is 0 Å². The second-order valence-electron chi connectivity index (χ2n) is 7.17. The Kier molecular flexibility index (Phi) is 5.02. The van der Waals surface area contributed by atoms with Crippen molar-refractivity contribution in [3.8, 4) is 0 Å². The summed E-state index contributed by atoms with van der Waals surface area (Å²) in [5.41, 5.74) is 5.53. The quantitative estimate of drug-likeness (QED) is 0.601. The lowest BCUT2D eigenvalue weighted by Gasteiger charge is -2.32. The van der Waals surface area contributed by atoms with Gasteiger partial charge in [-0.2, -0.15) is 0 Å². The minimum atomic E-state index is -0.842. The zero-order valence-electron chi connectivity index (χ0n) is 15.8. The van der Waals surface area contributed by atoms with Crippen LogP contribution >= 0.6 is 12.2 Å². The Labute approximate surface area is 169 Å². The van der Waals surface area contributed by atoms with Crippen molar-refractivity contribution in [2.45, 2.75) is 32.2 Å². The molecule has 0 aromatic heterocycles. The normalized spacial score (nSPS) is 16.4. The van der Waals surface area contributed by atoms with E-state index in [2.05, 4.69) is 23.6 Å². The van der Waals surface area contributed by atoms with Crippen molar-refractivity contribution in [3.63, 3.8) is 0 Å². The van der Waals surface area contributed by atoms with Crippen LogP contribution in [0.15, 0.2) is 55.4 Å². The summed E-state index contributed by atoms with van der Waals surface area (Å²) in [5, 5.41) is 0. The standard InChI is InChI=1S/C23H22F2N2S/c1-3-10-26(4-2)22(16-5-7-19(24)20(25)14-16)18-12-15-6-8-21(28)27-11-9-17(13-18)23(15)27/h3-5,7,10,12-14,22H,2,6,8-9,11H2,1H3/b10-3-. The van der Waals surface area contributed by atoms with E-state index < -0.39 is 11.6 Å². The molecule has 2 nitrogen and oxygen atoms in total. The summed E-state index contributed by atoms with van der Waals surface area (Å²) in [6, 6.07) is 8.19. The van der Waals surface area contributed by atoms with Gasteiger partial charge in [-0.3, -0.25) is 0 Å². The third-order valence-electron chi connectivity index (χ3n) is 5.48. The van der Waals surface area contributed by atoms with Crippen molar-refractivity contribution in [1.29, 1.82) is 0 Å². The van der Waals surface area contributed by atoms with Crippen molar-refractivity contribution in [1.82, 2.24) is 4.90 Å². The molecule has 0 aliphatic carbocycles. The molecule has 0 amide bonds. The number of hydrogen-bond donors (Lipinski definition) is 0. The zero-order valence-corrected chi connectivity index (χ0v) is 16.6. The maximum Gasteiger partial charge on any atom is 0.159 e. The summed E-state index contributed by atoms with van der Waals surface area (Å²) < 4.78 is 27.6. The molecule has 0 bridgehead atoms. The molecule has 4 rings (SSSR count). The molecule has 1 atom stereocenters. The first-order chi connectivity index (χ1) is 13.5. The number of halogens is 2. The van der Waals surface area contributed by atoms with Gasteiger partial charge < -0.3 is 9.80 Å². The number of aryl methyl sites for hydroxylation is 1. The minimum Gasteiger partial charge on any atom is -0.344 e. The van der Waals surface area contributed by atoms with E-state index in [1.165, 1.54) is 28.9 Å². The molecule has 0 radical (unpaired) electrons. The van der Waals surface area contributed by atoms with Crippen LogP contribution in [0.1, 0.15) is 41.6 Å². The monoisotopic (exact) mass is 396 g/mol. The fraction of sp³-hybridized carbons (Fsp3) is 0.261. The summed E-state index contributed by atoms with van der Waals surface area (Å²) >= 11 is 5.54.